The zero-order valence-corrected chi connectivity index (χ0v) is 11.4. The maximum absolute atomic E-state index is 13.3. The predicted molar refractivity (Wildman–Crippen MR) is 73.5 cm³/mol. The highest BCUT2D eigenvalue weighted by Gasteiger charge is 2.11. The van der Waals surface area contributed by atoms with Gasteiger partial charge in [-0.25, -0.2) is 4.39 Å². The molecule has 0 amide bonds. The van der Waals surface area contributed by atoms with E-state index in [1.165, 1.54) is 6.07 Å². The first kappa shape index (κ1) is 14.9. The van der Waals surface area contributed by atoms with Crippen LogP contribution < -0.4 is 10.6 Å². The van der Waals surface area contributed by atoms with E-state index in [1.54, 1.807) is 13.2 Å². The fraction of sp³-hybridized carbons (Fsp3) is 0.571. The van der Waals surface area contributed by atoms with Crippen LogP contribution in [0.15, 0.2) is 18.2 Å². The molecule has 0 spiro atoms. The summed E-state index contributed by atoms with van der Waals surface area (Å²) in [6.07, 6.45) is 1.58. The van der Waals surface area contributed by atoms with E-state index in [9.17, 15) is 4.39 Å². The summed E-state index contributed by atoms with van der Waals surface area (Å²) in [5.41, 5.74) is 7.94. The minimum absolute atomic E-state index is 0.0707. The SMILES string of the molecule is CCC(N)Cc1cc(F)ccc1N(C)CCOC. The molecule has 0 radical (unpaired) electrons. The van der Waals surface area contributed by atoms with E-state index >= 15 is 0 Å². The summed E-state index contributed by atoms with van der Waals surface area (Å²) in [6.45, 7) is 3.46. The van der Waals surface area contributed by atoms with Gasteiger partial charge in [-0.15, -0.1) is 0 Å². The number of likely N-dealkylation sites (N-methyl/N-ethyl adjacent to an activating group) is 1. The Morgan fingerprint density at radius 2 is 2.17 bits per heavy atom. The molecule has 18 heavy (non-hydrogen) atoms. The van der Waals surface area contributed by atoms with Gasteiger partial charge in [-0.1, -0.05) is 6.92 Å². The van der Waals surface area contributed by atoms with Gasteiger partial charge in [-0.05, 0) is 36.6 Å². The van der Waals surface area contributed by atoms with Crippen LogP contribution in [0.1, 0.15) is 18.9 Å². The molecule has 0 aliphatic carbocycles. The van der Waals surface area contributed by atoms with Crippen molar-refractivity contribution in [2.24, 2.45) is 5.73 Å². The Kier molecular flexibility index (Phi) is 6.09. The van der Waals surface area contributed by atoms with Gasteiger partial charge in [0.05, 0.1) is 6.61 Å². The Morgan fingerprint density at radius 1 is 1.44 bits per heavy atom. The summed E-state index contributed by atoms with van der Waals surface area (Å²) >= 11 is 0. The molecule has 0 bridgehead atoms. The van der Waals surface area contributed by atoms with E-state index in [0.29, 0.717) is 13.0 Å². The summed E-state index contributed by atoms with van der Waals surface area (Å²) in [5, 5.41) is 0. The fourth-order valence-corrected chi connectivity index (χ4v) is 1.87. The molecule has 1 atom stereocenters. The van der Waals surface area contributed by atoms with Crippen molar-refractivity contribution < 1.29 is 9.13 Å². The molecule has 1 unspecified atom stereocenters. The van der Waals surface area contributed by atoms with Gasteiger partial charge in [0.15, 0.2) is 0 Å². The number of hydrogen-bond donors (Lipinski definition) is 1. The second-order valence-corrected chi connectivity index (χ2v) is 4.56. The molecule has 1 aromatic carbocycles. The van der Waals surface area contributed by atoms with Crippen LogP contribution in [-0.4, -0.2) is 33.4 Å². The molecule has 1 aromatic rings. The van der Waals surface area contributed by atoms with E-state index in [2.05, 4.69) is 4.90 Å². The molecular formula is C14H23FN2O. The Morgan fingerprint density at radius 3 is 2.78 bits per heavy atom. The molecule has 0 saturated heterocycles. The van der Waals surface area contributed by atoms with E-state index in [-0.39, 0.29) is 11.9 Å². The first-order valence-corrected chi connectivity index (χ1v) is 6.32. The van der Waals surface area contributed by atoms with Gasteiger partial charge in [0.2, 0.25) is 0 Å². The van der Waals surface area contributed by atoms with Gasteiger partial charge in [0, 0.05) is 32.4 Å². The summed E-state index contributed by atoms with van der Waals surface area (Å²) in [6, 6.07) is 4.94. The minimum atomic E-state index is -0.211. The van der Waals surface area contributed by atoms with Crippen molar-refractivity contribution in [3.63, 3.8) is 0 Å². The number of benzene rings is 1. The van der Waals surface area contributed by atoms with E-state index in [0.717, 1.165) is 24.2 Å². The molecule has 4 heteroatoms. The van der Waals surface area contributed by atoms with E-state index < -0.39 is 0 Å². The second kappa shape index (κ2) is 7.34. The van der Waals surface area contributed by atoms with Gasteiger partial charge in [-0.2, -0.15) is 0 Å². The number of rotatable bonds is 7. The zero-order valence-electron chi connectivity index (χ0n) is 11.4. The van der Waals surface area contributed by atoms with Crippen LogP contribution >= 0.6 is 0 Å². The highest BCUT2D eigenvalue weighted by molar-refractivity contribution is 5.53. The monoisotopic (exact) mass is 254 g/mol. The van der Waals surface area contributed by atoms with Gasteiger partial charge in [0.1, 0.15) is 5.82 Å². The van der Waals surface area contributed by atoms with Crippen LogP contribution in [-0.2, 0) is 11.2 Å². The molecule has 2 N–H and O–H groups in total. The average Bonchev–Trinajstić information content (AvgIpc) is 2.36. The van der Waals surface area contributed by atoms with Crippen LogP contribution in [0.5, 0.6) is 0 Å². The number of nitrogens with two attached hydrogens (primary N) is 1. The Hall–Kier alpha value is -1.13. The lowest BCUT2D eigenvalue weighted by Gasteiger charge is -2.23. The Bertz CT molecular complexity index is 371. The van der Waals surface area contributed by atoms with Crippen LogP contribution in [0.4, 0.5) is 10.1 Å². The largest absolute Gasteiger partial charge is 0.383 e. The highest BCUT2D eigenvalue weighted by Crippen LogP contribution is 2.22. The van der Waals surface area contributed by atoms with Gasteiger partial charge >= 0.3 is 0 Å². The number of nitrogens with zero attached hydrogens (tertiary/aromatic N) is 1. The molecule has 0 heterocycles. The van der Waals surface area contributed by atoms with Crippen LogP contribution in [0.3, 0.4) is 0 Å². The molecule has 0 aliphatic heterocycles. The van der Waals surface area contributed by atoms with Gasteiger partial charge < -0.3 is 15.4 Å². The van der Waals surface area contributed by atoms with Crippen molar-refractivity contribution >= 4 is 5.69 Å². The van der Waals surface area contributed by atoms with Crippen molar-refractivity contribution in [3.05, 3.63) is 29.6 Å². The number of anilines is 1. The van der Waals surface area contributed by atoms with Crippen LogP contribution in [0.25, 0.3) is 0 Å². The van der Waals surface area contributed by atoms with Crippen molar-refractivity contribution in [2.45, 2.75) is 25.8 Å². The molecule has 102 valence electrons. The van der Waals surface area contributed by atoms with Gasteiger partial charge in [-0.3, -0.25) is 0 Å². The lowest BCUT2D eigenvalue weighted by Crippen LogP contribution is -2.26. The van der Waals surface area contributed by atoms with Gasteiger partial charge in [0.25, 0.3) is 0 Å². The third-order valence-corrected chi connectivity index (χ3v) is 3.09. The third kappa shape index (κ3) is 4.27. The van der Waals surface area contributed by atoms with Crippen molar-refractivity contribution in [1.82, 2.24) is 0 Å². The average molecular weight is 254 g/mol. The normalized spacial score (nSPS) is 12.5. The molecule has 1 rings (SSSR count). The van der Waals surface area contributed by atoms with E-state index in [1.807, 2.05) is 20.0 Å². The van der Waals surface area contributed by atoms with Crippen molar-refractivity contribution in [1.29, 1.82) is 0 Å². The van der Waals surface area contributed by atoms with E-state index in [4.69, 9.17) is 10.5 Å². The standard InChI is InChI=1S/C14H23FN2O/c1-4-13(16)10-11-9-12(15)5-6-14(11)17(2)7-8-18-3/h5-6,9,13H,4,7-8,10,16H2,1-3H3. The maximum atomic E-state index is 13.3. The van der Waals surface area contributed by atoms with Crippen LogP contribution in [0, 0.1) is 5.82 Å². The topological polar surface area (TPSA) is 38.5 Å². The lowest BCUT2D eigenvalue weighted by molar-refractivity contribution is 0.206. The molecule has 0 aliphatic rings. The highest BCUT2D eigenvalue weighted by atomic mass is 19.1. The number of hydrogen-bond acceptors (Lipinski definition) is 3. The molecule has 0 fully saturated rings. The number of methoxy groups -OCH3 is 1. The summed E-state index contributed by atoms with van der Waals surface area (Å²) in [4.78, 5) is 2.07. The fourth-order valence-electron chi connectivity index (χ4n) is 1.87. The van der Waals surface area contributed by atoms with Crippen molar-refractivity contribution in [2.75, 3.05) is 32.2 Å². The summed E-state index contributed by atoms with van der Waals surface area (Å²) in [7, 11) is 3.65. The third-order valence-electron chi connectivity index (χ3n) is 3.09. The first-order chi connectivity index (χ1) is 8.58. The number of ether oxygens (including phenoxy) is 1. The Balaban J connectivity index is 2.88. The zero-order chi connectivity index (χ0) is 13.5. The number of halogens is 1. The predicted octanol–water partition coefficient (Wildman–Crippen LogP) is 2.19. The molecule has 3 nitrogen and oxygen atoms in total. The van der Waals surface area contributed by atoms with Crippen molar-refractivity contribution in [3.8, 4) is 0 Å². The molecular weight excluding hydrogens is 231 g/mol. The molecule has 0 aromatic heterocycles. The lowest BCUT2D eigenvalue weighted by atomic mass is 10.0. The Labute approximate surface area is 109 Å². The second-order valence-electron chi connectivity index (χ2n) is 4.56. The quantitative estimate of drug-likeness (QED) is 0.810. The minimum Gasteiger partial charge on any atom is -0.383 e. The molecule has 0 saturated carbocycles. The summed E-state index contributed by atoms with van der Waals surface area (Å²) < 4.78 is 18.4. The maximum Gasteiger partial charge on any atom is 0.123 e. The summed E-state index contributed by atoms with van der Waals surface area (Å²) in [5.74, 6) is -0.211. The first-order valence-electron chi connectivity index (χ1n) is 6.32. The van der Waals surface area contributed by atoms with Crippen LogP contribution in [0.2, 0.25) is 0 Å². The smallest absolute Gasteiger partial charge is 0.123 e.